The number of ether oxygens (including phenoxy) is 3. The summed E-state index contributed by atoms with van der Waals surface area (Å²) < 4.78 is 17.4. The van der Waals surface area contributed by atoms with E-state index in [2.05, 4.69) is 15.9 Å². The third-order valence-electron chi connectivity index (χ3n) is 2.79. The molecule has 1 aromatic rings. The number of rotatable bonds is 10. The van der Waals surface area contributed by atoms with Crippen molar-refractivity contribution >= 4 is 15.9 Å². The molecule has 0 saturated carbocycles. The lowest BCUT2D eigenvalue weighted by Gasteiger charge is -2.15. The molecule has 2 N–H and O–H groups in total. The largest absolute Gasteiger partial charge is 0.490 e. The van der Waals surface area contributed by atoms with Crippen LogP contribution in [0.15, 0.2) is 16.6 Å². The Balaban J connectivity index is 2.71. The van der Waals surface area contributed by atoms with Crippen molar-refractivity contribution in [3.63, 3.8) is 0 Å². The minimum atomic E-state index is 0.610. The van der Waals surface area contributed by atoms with Gasteiger partial charge in [-0.2, -0.15) is 0 Å². The molecular weight excluding hydrogens is 322 g/mol. The van der Waals surface area contributed by atoms with Crippen LogP contribution in [0.1, 0.15) is 25.3 Å². The second-order valence-electron chi connectivity index (χ2n) is 4.42. The number of nitrogens with two attached hydrogens (primary N) is 1. The van der Waals surface area contributed by atoms with Crippen molar-refractivity contribution in [2.45, 2.75) is 26.2 Å². The van der Waals surface area contributed by atoms with Gasteiger partial charge in [0.1, 0.15) is 0 Å². The molecular formula is C15H24BrNO3. The van der Waals surface area contributed by atoms with Gasteiger partial charge in [-0.1, -0.05) is 0 Å². The van der Waals surface area contributed by atoms with Crippen LogP contribution < -0.4 is 15.2 Å². The molecule has 0 fully saturated rings. The van der Waals surface area contributed by atoms with Gasteiger partial charge >= 0.3 is 0 Å². The van der Waals surface area contributed by atoms with E-state index >= 15 is 0 Å². The van der Waals surface area contributed by atoms with E-state index in [9.17, 15) is 0 Å². The monoisotopic (exact) mass is 345 g/mol. The maximum absolute atomic E-state index is 5.84. The van der Waals surface area contributed by atoms with Crippen LogP contribution in [-0.2, 0) is 11.2 Å². The van der Waals surface area contributed by atoms with Crippen LogP contribution in [0.4, 0.5) is 0 Å². The summed E-state index contributed by atoms with van der Waals surface area (Å²) in [6.45, 7) is 4.61. The first kappa shape index (κ1) is 17.3. The highest BCUT2D eigenvalue weighted by molar-refractivity contribution is 9.10. The van der Waals surface area contributed by atoms with E-state index in [1.165, 1.54) is 0 Å². The third kappa shape index (κ3) is 5.69. The van der Waals surface area contributed by atoms with E-state index in [4.69, 9.17) is 19.9 Å². The van der Waals surface area contributed by atoms with Gasteiger partial charge in [0.15, 0.2) is 11.5 Å². The molecule has 0 radical (unpaired) electrons. The van der Waals surface area contributed by atoms with Crippen LogP contribution in [0.2, 0.25) is 0 Å². The van der Waals surface area contributed by atoms with E-state index < -0.39 is 0 Å². The second kappa shape index (κ2) is 10.0. The number of hydrogen-bond acceptors (Lipinski definition) is 4. The first-order valence-electron chi connectivity index (χ1n) is 7.00. The van der Waals surface area contributed by atoms with E-state index in [-0.39, 0.29) is 0 Å². The van der Waals surface area contributed by atoms with Crippen molar-refractivity contribution < 1.29 is 14.2 Å². The number of unbranched alkanes of at least 4 members (excludes halogenated alkanes) is 1. The topological polar surface area (TPSA) is 53.7 Å². The summed E-state index contributed by atoms with van der Waals surface area (Å²) in [5, 5.41) is 0. The smallest absolute Gasteiger partial charge is 0.175 e. The fourth-order valence-electron chi connectivity index (χ4n) is 1.86. The average molecular weight is 346 g/mol. The zero-order chi connectivity index (χ0) is 14.8. The van der Waals surface area contributed by atoms with Crippen LogP contribution in [-0.4, -0.2) is 33.5 Å². The lowest BCUT2D eigenvalue weighted by atomic mass is 10.1. The molecule has 0 saturated heterocycles. The Morgan fingerprint density at radius 1 is 1.15 bits per heavy atom. The van der Waals surface area contributed by atoms with Gasteiger partial charge in [0.25, 0.3) is 0 Å². The summed E-state index contributed by atoms with van der Waals surface area (Å²) in [7, 11) is 1.71. The lowest BCUT2D eigenvalue weighted by Crippen LogP contribution is -2.06. The SMILES string of the molecule is CCOc1cc(CCN)cc(Br)c1OCCCCOC. The summed E-state index contributed by atoms with van der Waals surface area (Å²) in [6.07, 6.45) is 2.77. The Morgan fingerprint density at radius 3 is 2.55 bits per heavy atom. The van der Waals surface area contributed by atoms with Gasteiger partial charge in [-0.25, -0.2) is 0 Å². The first-order chi connectivity index (χ1) is 9.72. The van der Waals surface area contributed by atoms with Crippen LogP contribution >= 0.6 is 15.9 Å². The molecule has 1 aromatic carbocycles. The third-order valence-corrected chi connectivity index (χ3v) is 3.38. The molecule has 20 heavy (non-hydrogen) atoms. The van der Waals surface area contributed by atoms with Gasteiger partial charge in [0.2, 0.25) is 0 Å². The second-order valence-corrected chi connectivity index (χ2v) is 5.28. The molecule has 0 bridgehead atoms. The Morgan fingerprint density at radius 2 is 1.90 bits per heavy atom. The standard InChI is InChI=1S/C15H24BrNO3/c1-3-19-14-11-12(6-7-17)10-13(16)15(14)20-9-5-4-8-18-2/h10-11H,3-9,17H2,1-2H3. The fourth-order valence-corrected chi connectivity index (χ4v) is 2.46. The number of benzene rings is 1. The van der Waals surface area contributed by atoms with E-state index in [1.54, 1.807) is 7.11 Å². The summed E-state index contributed by atoms with van der Waals surface area (Å²) in [5.74, 6) is 1.54. The normalized spacial score (nSPS) is 10.6. The number of methoxy groups -OCH3 is 1. The van der Waals surface area contributed by atoms with E-state index in [0.717, 1.165) is 47.4 Å². The first-order valence-corrected chi connectivity index (χ1v) is 7.79. The molecule has 0 unspecified atom stereocenters. The highest BCUT2D eigenvalue weighted by Crippen LogP contribution is 2.37. The molecule has 1 rings (SSSR count). The molecule has 0 amide bonds. The van der Waals surface area contributed by atoms with Crippen molar-refractivity contribution in [3.8, 4) is 11.5 Å². The maximum Gasteiger partial charge on any atom is 0.175 e. The van der Waals surface area contributed by atoms with Crippen LogP contribution in [0.25, 0.3) is 0 Å². The number of hydrogen-bond donors (Lipinski definition) is 1. The Bertz CT molecular complexity index is 399. The molecule has 0 aliphatic rings. The average Bonchev–Trinajstić information content (AvgIpc) is 2.42. The Labute approximate surface area is 129 Å². The lowest BCUT2D eigenvalue weighted by molar-refractivity contribution is 0.183. The Hall–Kier alpha value is -0.780. The van der Waals surface area contributed by atoms with Gasteiger partial charge in [-0.15, -0.1) is 0 Å². The molecule has 0 atom stereocenters. The summed E-state index contributed by atoms with van der Waals surface area (Å²) in [6, 6.07) is 4.05. The minimum Gasteiger partial charge on any atom is -0.490 e. The maximum atomic E-state index is 5.84. The molecule has 4 nitrogen and oxygen atoms in total. The van der Waals surface area contributed by atoms with Crippen molar-refractivity contribution in [3.05, 3.63) is 22.2 Å². The van der Waals surface area contributed by atoms with E-state index in [0.29, 0.717) is 19.8 Å². The Kier molecular flexibility index (Phi) is 8.65. The molecule has 0 aliphatic carbocycles. The quantitative estimate of drug-likeness (QED) is 0.662. The minimum absolute atomic E-state index is 0.610. The molecule has 0 aromatic heterocycles. The zero-order valence-corrected chi connectivity index (χ0v) is 13.9. The van der Waals surface area contributed by atoms with Crippen molar-refractivity contribution in [2.24, 2.45) is 5.73 Å². The highest BCUT2D eigenvalue weighted by Gasteiger charge is 2.12. The van der Waals surface area contributed by atoms with Crippen molar-refractivity contribution in [2.75, 3.05) is 33.5 Å². The molecule has 0 spiro atoms. The van der Waals surface area contributed by atoms with Crippen molar-refractivity contribution in [1.29, 1.82) is 0 Å². The number of halogens is 1. The predicted octanol–water partition coefficient (Wildman–Crippen LogP) is 3.15. The van der Waals surface area contributed by atoms with Gasteiger partial charge in [-0.3, -0.25) is 0 Å². The highest BCUT2D eigenvalue weighted by atomic mass is 79.9. The van der Waals surface area contributed by atoms with Crippen LogP contribution in [0, 0.1) is 0 Å². The van der Waals surface area contributed by atoms with Crippen molar-refractivity contribution in [1.82, 2.24) is 0 Å². The molecule has 0 aliphatic heterocycles. The predicted molar refractivity (Wildman–Crippen MR) is 84.7 cm³/mol. The van der Waals surface area contributed by atoms with Gasteiger partial charge in [0.05, 0.1) is 17.7 Å². The fraction of sp³-hybridized carbons (Fsp3) is 0.600. The van der Waals surface area contributed by atoms with Gasteiger partial charge in [0, 0.05) is 13.7 Å². The molecule has 114 valence electrons. The molecule has 5 heteroatoms. The summed E-state index contributed by atoms with van der Waals surface area (Å²) >= 11 is 3.55. The summed E-state index contributed by atoms with van der Waals surface area (Å²) in [4.78, 5) is 0. The van der Waals surface area contributed by atoms with Gasteiger partial charge < -0.3 is 19.9 Å². The van der Waals surface area contributed by atoms with Crippen LogP contribution in [0.3, 0.4) is 0 Å². The van der Waals surface area contributed by atoms with Crippen LogP contribution in [0.5, 0.6) is 11.5 Å². The summed E-state index contributed by atoms with van der Waals surface area (Å²) in [5.41, 5.74) is 6.75. The van der Waals surface area contributed by atoms with E-state index in [1.807, 2.05) is 19.1 Å². The van der Waals surface area contributed by atoms with Gasteiger partial charge in [-0.05, 0) is 66.4 Å². The molecule has 0 heterocycles. The zero-order valence-electron chi connectivity index (χ0n) is 12.3.